The second kappa shape index (κ2) is 4.33. The smallest absolute Gasteiger partial charge is 0.0523 e. The molecule has 0 saturated carbocycles. The van der Waals surface area contributed by atoms with Gasteiger partial charge in [-0.15, -0.1) is 22.7 Å². The Morgan fingerprint density at radius 2 is 1.67 bits per heavy atom. The second-order valence-electron chi connectivity index (χ2n) is 3.18. The quantitative estimate of drug-likeness (QED) is 0.485. The molecule has 0 bridgehead atoms. The maximum absolute atomic E-state index is 2.26. The predicted octanol–water partition coefficient (Wildman–Crippen LogP) is 5.45. The zero-order valence-electron chi connectivity index (χ0n) is 9.20. The van der Waals surface area contributed by atoms with Crippen LogP contribution in [0.4, 0.5) is 0 Å². The molecule has 0 atom stereocenters. The van der Waals surface area contributed by atoms with Gasteiger partial charge in [0, 0.05) is 4.88 Å². The summed E-state index contributed by atoms with van der Waals surface area (Å²) in [6.07, 6.45) is 0. The van der Waals surface area contributed by atoms with Gasteiger partial charge in [0.2, 0.25) is 0 Å². The Kier molecular flexibility index (Phi) is 3.08. The number of thiophene rings is 2. The maximum Gasteiger partial charge on any atom is 0.0523 e. The monoisotopic (exact) mass is 234 g/mol. The molecule has 78 valence electrons. The third-order valence-corrected chi connectivity index (χ3v) is 4.39. The molecule has 0 N–H and O–H groups in total. The van der Waals surface area contributed by atoms with Crippen LogP contribution in [0.3, 0.4) is 0 Å². The lowest BCUT2D eigenvalue weighted by atomic mass is 10.2. The van der Waals surface area contributed by atoms with Crippen LogP contribution >= 0.6 is 22.7 Å². The summed E-state index contributed by atoms with van der Waals surface area (Å²) >= 11 is 3.74. The van der Waals surface area contributed by atoms with Gasteiger partial charge in [0.05, 0.1) is 9.40 Å². The van der Waals surface area contributed by atoms with Crippen molar-refractivity contribution in [3.05, 3.63) is 34.5 Å². The molecule has 0 aliphatic carbocycles. The average molecular weight is 234 g/mol. The van der Waals surface area contributed by atoms with Crippen LogP contribution in [0.15, 0.2) is 29.6 Å². The molecule has 3 rings (SSSR count). The van der Waals surface area contributed by atoms with Gasteiger partial charge in [-0.3, -0.25) is 0 Å². The molecular formula is C13H14S2. The van der Waals surface area contributed by atoms with Crippen LogP contribution in [-0.4, -0.2) is 0 Å². The third-order valence-electron chi connectivity index (χ3n) is 2.23. The van der Waals surface area contributed by atoms with Gasteiger partial charge in [0.1, 0.15) is 0 Å². The molecule has 2 aromatic heterocycles. The van der Waals surface area contributed by atoms with E-state index >= 15 is 0 Å². The van der Waals surface area contributed by atoms with Crippen molar-refractivity contribution in [2.75, 3.05) is 0 Å². The molecule has 0 fully saturated rings. The minimum atomic E-state index is 1.37. The third kappa shape index (κ3) is 1.80. The van der Waals surface area contributed by atoms with Gasteiger partial charge in [-0.1, -0.05) is 26.0 Å². The number of aryl methyl sites for hydroxylation is 1. The molecule has 0 spiro atoms. The highest BCUT2D eigenvalue weighted by molar-refractivity contribution is 7.26. The lowest BCUT2D eigenvalue weighted by Gasteiger charge is -1.90. The molecule has 0 aliphatic heterocycles. The molecule has 1 aromatic carbocycles. The summed E-state index contributed by atoms with van der Waals surface area (Å²) in [6.45, 7) is 6.17. The van der Waals surface area contributed by atoms with Crippen molar-refractivity contribution in [2.45, 2.75) is 20.8 Å². The Hall–Kier alpha value is -0.860. The number of hydrogen-bond donors (Lipinski definition) is 0. The van der Waals surface area contributed by atoms with Crippen molar-refractivity contribution in [1.29, 1.82) is 0 Å². The van der Waals surface area contributed by atoms with Crippen LogP contribution in [0, 0.1) is 6.92 Å². The maximum atomic E-state index is 2.26. The van der Waals surface area contributed by atoms with Gasteiger partial charge < -0.3 is 0 Å². The SMILES string of the molecule is CC.Cc1cc2ccc3ccsc3c2s1. The van der Waals surface area contributed by atoms with Crippen molar-refractivity contribution in [3.63, 3.8) is 0 Å². The summed E-state index contributed by atoms with van der Waals surface area (Å²) in [5, 5.41) is 4.93. The molecule has 0 saturated heterocycles. The van der Waals surface area contributed by atoms with Crippen molar-refractivity contribution >= 4 is 42.8 Å². The largest absolute Gasteiger partial charge is 0.142 e. The van der Waals surface area contributed by atoms with Crippen LogP contribution in [0.25, 0.3) is 20.2 Å². The Morgan fingerprint density at radius 1 is 0.933 bits per heavy atom. The first-order chi connectivity index (χ1) is 7.34. The Morgan fingerprint density at radius 3 is 2.47 bits per heavy atom. The average Bonchev–Trinajstić information content (AvgIpc) is 2.84. The van der Waals surface area contributed by atoms with Crippen LogP contribution < -0.4 is 0 Å². The van der Waals surface area contributed by atoms with Gasteiger partial charge in [-0.2, -0.15) is 0 Å². The van der Waals surface area contributed by atoms with Gasteiger partial charge in [0.25, 0.3) is 0 Å². The molecule has 15 heavy (non-hydrogen) atoms. The summed E-state index contributed by atoms with van der Waals surface area (Å²) in [7, 11) is 0. The normalized spacial score (nSPS) is 10.3. The van der Waals surface area contributed by atoms with E-state index in [0.717, 1.165) is 0 Å². The minimum Gasteiger partial charge on any atom is -0.142 e. The fourth-order valence-corrected chi connectivity index (χ4v) is 3.73. The lowest BCUT2D eigenvalue weighted by Crippen LogP contribution is -1.62. The van der Waals surface area contributed by atoms with Gasteiger partial charge in [0.15, 0.2) is 0 Å². The van der Waals surface area contributed by atoms with E-state index in [0.29, 0.717) is 0 Å². The number of hydrogen-bond acceptors (Lipinski definition) is 2. The summed E-state index contributed by atoms with van der Waals surface area (Å²) in [6, 6.07) is 8.88. The number of fused-ring (bicyclic) bond motifs is 3. The number of rotatable bonds is 0. The molecule has 2 heteroatoms. The van der Waals surface area contributed by atoms with Crippen molar-refractivity contribution in [2.24, 2.45) is 0 Å². The van der Waals surface area contributed by atoms with Gasteiger partial charge in [-0.05, 0) is 35.2 Å². The highest BCUT2D eigenvalue weighted by atomic mass is 32.1. The van der Waals surface area contributed by atoms with E-state index in [1.54, 1.807) is 0 Å². The predicted molar refractivity (Wildman–Crippen MR) is 73.3 cm³/mol. The van der Waals surface area contributed by atoms with E-state index in [-0.39, 0.29) is 0 Å². The van der Waals surface area contributed by atoms with E-state index in [1.165, 1.54) is 25.0 Å². The molecule has 0 amide bonds. The zero-order chi connectivity index (χ0) is 10.8. The number of benzene rings is 1. The molecular weight excluding hydrogens is 220 g/mol. The Bertz CT molecular complexity index is 572. The summed E-state index contributed by atoms with van der Waals surface area (Å²) in [4.78, 5) is 1.40. The standard InChI is InChI=1S/C11H8S2.C2H6/c1-7-6-9-3-2-8-4-5-12-10(8)11(9)13-7;1-2/h2-6H,1H3;1-2H3. The topological polar surface area (TPSA) is 0 Å². The Labute approximate surface area is 98.2 Å². The van der Waals surface area contributed by atoms with E-state index in [2.05, 4.69) is 36.6 Å². The highest BCUT2D eigenvalue weighted by Crippen LogP contribution is 2.35. The molecule has 0 unspecified atom stereocenters. The van der Waals surface area contributed by atoms with Crippen molar-refractivity contribution < 1.29 is 0 Å². The molecule has 3 aromatic rings. The van der Waals surface area contributed by atoms with Crippen LogP contribution in [0.1, 0.15) is 18.7 Å². The highest BCUT2D eigenvalue weighted by Gasteiger charge is 2.03. The van der Waals surface area contributed by atoms with Gasteiger partial charge >= 0.3 is 0 Å². The minimum absolute atomic E-state index is 1.37. The van der Waals surface area contributed by atoms with E-state index < -0.39 is 0 Å². The molecule has 0 radical (unpaired) electrons. The first-order valence-electron chi connectivity index (χ1n) is 5.21. The summed E-state index contributed by atoms with van der Waals surface area (Å²) < 4.78 is 2.89. The molecule has 2 heterocycles. The molecule has 0 aliphatic rings. The van der Waals surface area contributed by atoms with Crippen LogP contribution in [-0.2, 0) is 0 Å². The first-order valence-corrected chi connectivity index (χ1v) is 6.90. The first kappa shape index (κ1) is 10.7. The van der Waals surface area contributed by atoms with E-state index in [4.69, 9.17) is 0 Å². The second-order valence-corrected chi connectivity index (χ2v) is 5.35. The summed E-state index contributed by atoms with van der Waals surface area (Å²) in [5.74, 6) is 0. The lowest BCUT2D eigenvalue weighted by molar-refractivity contribution is 1.50. The molecule has 0 nitrogen and oxygen atoms in total. The summed E-state index contributed by atoms with van der Waals surface area (Å²) in [5.41, 5.74) is 0. The fraction of sp³-hybridized carbons (Fsp3) is 0.231. The Balaban J connectivity index is 0.000000404. The van der Waals surface area contributed by atoms with E-state index in [1.807, 2.05) is 36.5 Å². The van der Waals surface area contributed by atoms with Crippen LogP contribution in [0.5, 0.6) is 0 Å². The van der Waals surface area contributed by atoms with Crippen LogP contribution in [0.2, 0.25) is 0 Å². The zero-order valence-corrected chi connectivity index (χ0v) is 10.8. The fourth-order valence-electron chi connectivity index (χ4n) is 1.65. The van der Waals surface area contributed by atoms with E-state index in [9.17, 15) is 0 Å². The van der Waals surface area contributed by atoms with Crippen molar-refractivity contribution in [3.8, 4) is 0 Å². The van der Waals surface area contributed by atoms with Crippen molar-refractivity contribution in [1.82, 2.24) is 0 Å². The van der Waals surface area contributed by atoms with Gasteiger partial charge in [-0.25, -0.2) is 0 Å².